The van der Waals surface area contributed by atoms with Gasteiger partial charge in [0.05, 0.1) is 0 Å². The number of ether oxygens (including phenoxy) is 2. The summed E-state index contributed by atoms with van der Waals surface area (Å²) in [6, 6.07) is 0. The summed E-state index contributed by atoms with van der Waals surface area (Å²) in [5, 5.41) is 1.46. The summed E-state index contributed by atoms with van der Waals surface area (Å²) in [5.74, 6) is -0.402. The zero-order valence-electron chi connectivity index (χ0n) is 13.3. The fraction of sp³-hybridized carbons (Fsp3) is 1.00. The van der Waals surface area contributed by atoms with Gasteiger partial charge in [-0.3, -0.25) is 0 Å². The first kappa shape index (κ1) is 16.0. The van der Waals surface area contributed by atoms with E-state index in [9.17, 15) is 0 Å². The Balaban J connectivity index is 1.91. The van der Waals surface area contributed by atoms with E-state index in [2.05, 4.69) is 33.9 Å². The third-order valence-corrected chi connectivity index (χ3v) is 11.8. The van der Waals surface area contributed by atoms with Gasteiger partial charge in [0.15, 0.2) is 0 Å². The predicted octanol–water partition coefficient (Wildman–Crippen LogP) is 3.45. The van der Waals surface area contributed by atoms with Crippen LogP contribution in [0.1, 0.15) is 34.6 Å². The van der Waals surface area contributed by atoms with Crippen molar-refractivity contribution >= 4 is 23.3 Å². The Morgan fingerprint density at radius 1 is 1.26 bits per heavy atom. The molecule has 0 unspecified atom stereocenters. The minimum atomic E-state index is -1.64. The normalized spacial score (nSPS) is 34.6. The first-order valence-electron chi connectivity index (χ1n) is 7.13. The second-order valence-electron chi connectivity index (χ2n) is 7.58. The van der Waals surface area contributed by atoms with Crippen molar-refractivity contribution in [1.82, 2.24) is 0 Å². The molecule has 2 saturated heterocycles. The Kier molecular flexibility index (Phi) is 4.30. The molecule has 2 aliphatic rings. The Hall–Kier alpha value is 0.616. The van der Waals surface area contributed by atoms with Gasteiger partial charge in [-0.1, -0.05) is 0 Å². The molecule has 2 fully saturated rings. The Bertz CT molecular complexity index is 338. The van der Waals surface area contributed by atoms with Gasteiger partial charge >= 0.3 is 125 Å². The van der Waals surface area contributed by atoms with E-state index in [1.54, 1.807) is 0 Å². The molecule has 0 aromatic heterocycles. The van der Waals surface area contributed by atoms with E-state index in [1.165, 1.54) is 5.32 Å². The van der Waals surface area contributed by atoms with Crippen LogP contribution in [0.25, 0.3) is 0 Å². The fourth-order valence-electron chi connectivity index (χ4n) is 2.27. The van der Waals surface area contributed by atoms with Crippen LogP contribution in [0.4, 0.5) is 0 Å². The maximum absolute atomic E-state index is 6.37. The molecule has 0 aromatic rings. The monoisotopic (exact) mass is 352 g/mol. The number of hydrogen-bond acceptors (Lipinski definition) is 3. The molecular weight excluding hydrogens is 323 g/mol. The molecule has 3 nitrogen and oxygen atoms in total. The summed E-state index contributed by atoms with van der Waals surface area (Å²) in [4.78, 5) is 0.563. The average Bonchev–Trinajstić information content (AvgIpc) is 2.68. The molecule has 0 N–H and O–H groups in total. The van der Waals surface area contributed by atoms with Crippen LogP contribution in [0.5, 0.6) is 0 Å². The van der Waals surface area contributed by atoms with Crippen molar-refractivity contribution in [2.45, 2.75) is 80.9 Å². The van der Waals surface area contributed by atoms with Gasteiger partial charge < -0.3 is 0 Å². The van der Waals surface area contributed by atoms with Gasteiger partial charge in [0, 0.05) is 0 Å². The molecular formula is C14H28O3SeSi. The van der Waals surface area contributed by atoms with E-state index in [1.807, 2.05) is 13.8 Å². The summed E-state index contributed by atoms with van der Waals surface area (Å²) in [7, 11) is -1.64. The zero-order chi connectivity index (χ0) is 14.5. The van der Waals surface area contributed by atoms with E-state index in [0.717, 1.165) is 6.61 Å². The molecule has 0 aliphatic carbocycles. The first-order valence-corrected chi connectivity index (χ1v) is 12.2. The molecule has 0 aromatic carbocycles. The average molecular weight is 351 g/mol. The molecule has 0 radical (unpaired) electrons. The molecule has 0 amide bonds. The molecule has 2 aliphatic heterocycles. The van der Waals surface area contributed by atoms with Gasteiger partial charge in [-0.2, -0.15) is 0 Å². The van der Waals surface area contributed by atoms with Crippen molar-refractivity contribution in [2.24, 2.45) is 0 Å². The van der Waals surface area contributed by atoms with Crippen LogP contribution in [0.2, 0.25) is 28.3 Å². The van der Waals surface area contributed by atoms with Gasteiger partial charge in [0.2, 0.25) is 0 Å². The first-order chi connectivity index (χ1) is 8.52. The topological polar surface area (TPSA) is 27.7 Å². The van der Waals surface area contributed by atoms with Crippen LogP contribution < -0.4 is 0 Å². The predicted molar refractivity (Wildman–Crippen MR) is 81.3 cm³/mol. The van der Waals surface area contributed by atoms with Crippen LogP contribution in [-0.4, -0.2) is 47.9 Å². The molecule has 5 heteroatoms. The molecule has 0 bridgehead atoms. The van der Waals surface area contributed by atoms with Crippen molar-refractivity contribution in [1.29, 1.82) is 0 Å². The van der Waals surface area contributed by atoms with E-state index in [-0.39, 0.29) is 11.1 Å². The summed E-state index contributed by atoms with van der Waals surface area (Å²) < 4.78 is 18.4. The Labute approximate surface area is 125 Å². The van der Waals surface area contributed by atoms with Crippen LogP contribution >= 0.6 is 0 Å². The second kappa shape index (κ2) is 5.11. The van der Waals surface area contributed by atoms with Crippen molar-refractivity contribution in [3.8, 4) is 0 Å². The molecule has 2 heterocycles. The SMILES string of the molecule is CC1(C)O[C@H]2[C@H](C[Se][C@@H]2CO[Si](C)(C)C(C)(C)C)O1. The summed E-state index contributed by atoms with van der Waals surface area (Å²) in [6.07, 6.45) is 0.572. The van der Waals surface area contributed by atoms with Gasteiger partial charge in [0.25, 0.3) is 0 Å². The van der Waals surface area contributed by atoms with Crippen LogP contribution in [0.3, 0.4) is 0 Å². The molecule has 3 atom stereocenters. The minimum absolute atomic E-state index is 0.264. The number of fused-ring (bicyclic) bond motifs is 1. The standard InChI is InChI=1S/C14H28O3SeSi/c1-13(2,3)19(6,7)15-8-11-12-10(9-18-11)16-14(4,5)17-12/h10-12H,8-9H2,1-7H3/t10-,11+,12-/m0/s1. The Morgan fingerprint density at radius 2 is 1.89 bits per heavy atom. The second-order valence-corrected chi connectivity index (χ2v) is 15.1. The third-order valence-electron chi connectivity index (χ3n) is 4.48. The van der Waals surface area contributed by atoms with Gasteiger partial charge in [-0.05, 0) is 0 Å². The van der Waals surface area contributed by atoms with Crippen molar-refractivity contribution in [2.75, 3.05) is 6.61 Å². The maximum atomic E-state index is 6.37. The molecule has 0 spiro atoms. The van der Waals surface area contributed by atoms with E-state index in [0.29, 0.717) is 25.9 Å². The summed E-state index contributed by atoms with van der Waals surface area (Å²) in [6.45, 7) is 16.4. The van der Waals surface area contributed by atoms with Crippen LogP contribution in [0, 0.1) is 0 Å². The van der Waals surface area contributed by atoms with Gasteiger partial charge in [-0.25, -0.2) is 0 Å². The zero-order valence-corrected chi connectivity index (χ0v) is 16.0. The van der Waals surface area contributed by atoms with Gasteiger partial charge in [0.1, 0.15) is 0 Å². The molecule has 112 valence electrons. The van der Waals surface area contributed by atoms with Crippen molar-refractivity contribution < 1.29 is 13.9 Å². The summed E-state index contributed by atoms with van der Waals surface area (Å²) >= 11 is 0.591. The fourth-order valence-corrected chi connectivity index (χ4v) is 6.25. The third kappa shape index (κ3) is 3.45. The van der Waals surface area contributed by atoms with E-state index < -0.39 is 14.1 Å². The number of hydrogen-bond donors (Lipinski definition) is 0. The quantitative estimate of drug-likeness (QED) is 0.729. The van der Waals surface area contributed by atoms with Gasteiger partial charge in [-0.15, -0.1) is 0 Å². The van der Waals surface area contributed by atoms with E-state index >= 15 is 0 Å². The Morgan fingerprint density at radius 3 is 2.47 bits per heavy atom. The van der Waals surface area contributed by atoms with E-state index in [4.69, 9.17) is 13.9 Å². The van der Waals surface area contributed by atoms with Crippen LogP contribution in [0.15, 0.2) is 0 Å². The van der Waals surface area contributed by atoms with Crippen molar-refractivity contribution in [3.05, 3.63) is 0 Å². The van der Waals surface area contributed by atoms with Crippen LogP contribution in [-0.2, 0) is 13.9 Å². The number of rotatable bonds is 3. The molecule has 0 saturated carbocycles. The molecule has 19 heavy (non-hydrogen) atoms. The van der Waals surface area contributed by atoms with Crippen molar-refractivity contribution in [3.63, 3.8) is 0 Å². The molecule has 2 rings (SSSR count). The summed E-state index contributed by atoms with van der Waals surface area (Å²) in [5.41, 5.74) is 0.